The minimum absolute atomic E-state index is 0.194. The van der Waals surface area contributed by atoms with Crippen molar-refractivity contribution in [3.63, 3.8) is 0 Å². The number of ether oxygens (including phenoxy) is 2. The van der Waals surface area contributed by atoms with Crippen molar-refractivity contribution in [3.05, 3.63) is 60.8 Å². The molecule has 0 aliphatic rings. The molecule has 0 spiro atoms. The van der Waals surface area contributed by atoms with E-state index in [2.05, 4.69) is 79.1 Å². The fraction of sp³-hybridized carbons (Fsp3) is 0.745. The second kappa shape index (κ2) is 42.4. The van der Waals surface area contributed by atoms with E-state index in [1.165, 1.54) is 83.5 Å². The summed E-state index contributed by atoms with van der Waals surface area (Å²) in [5.41, 5.74) is 0. The Morgan fingerprint density at radius 3 is 1.20 bits per heavy atom. The number of allylic oxidation sites excluding steroid dienone is 10. The molecule has 0 amide bonds. The van der Waals surface area contributed by atoms with Crippen molar-refractivity contribution in [2.24, 2.45) is 0 Å². The van der Waals surface area contributed by atoms with Gasteiger partial charge in [-0.15, -0.1) is 0 Å². The van der Waals surface area contributed by atoms with Gasteiger partial charge in [0.1, 0.15) is 6.61 Å². The monoisotopic (exact) mass is 807 g/mol. The van der Waals surface area contributed by atoms with Crippen LogP contribution in [0.1, 0.15) is 206 Å². The average molecular weight is 807 g/mol. The Morgan fingerprint density at radius 2 is 0.804 bits per heavy atom. The zero-order valence-corrected chi connectivity index (χ0v) is 36.7. The quantitative estimate of drug-likeness (QED) is 0.0271. The molecule has 0 bridgehead atoms. The molecule has 9 heteroatoms. The van der Waals surface area contributed by atoms with Crippen molar-refractivity contribution in [3.8, 4) is 0 Å². The van der Waals surface area contributed by atoms with E-state index >= 15 is 0 Å². The van der Waals surface area contributed by atoms with Gasteiger partial charge in [0.25, 0.3) is 0 Å². The molecule has 2 N–H and O–H groups in total. The van der Waals surface area contributed by atoms with Gasteiger partial charge in [0.2, 0.25) is 0 Å². The minimum Gasteiger partial charge on any atom is -0.462 e. The summed E-state index contributed by atoms with van der Waals surface area (Å²) in [6.45, 7) is 3.63. The van der Waals surface area contributed by atoms with Gasteiger partial charge >= 0.3 is 19.8 Å². The third-order valence-electron chi connectivity index (χ3n) is 9.51. The molecular weight excluding hydrogens is 723 g/mol. The smallest absolute Gasteiger partial charge is 0.462 e. The van der Waals surface area contributed by atoms with Crippen LogP contribution in [0.15, 0.2) is 60.8 Å². The lowest BCUT2D eigenvalue weighted by Gasteiger charge is -2.18. The largest absolute Gasteiger partial charge is 0.469 e. The predicted octanol–water partition coefficient (Wildman–Crippen LogP) is 14.1. The van der Waals surface area contributed by atoms with Gasteiger partial charge in [-0.1, -0.05) is 171 Å². The molecule has 0 aromatic heterocycles. The molecule has 0 aromatic rings. The second-order valence-electron chi connectivity index (χ2n) is 15.0. The van der Waals surface area contributed by atoms with Crippen molar-refractivity contribution in [1.29, 1.82) is 0 Å². The molecular formula is C47H83O8P. The zero-order chi connectivity index (χ0) is 41.1. The summed E-state index contributed by atoms with van der Waals surface area (Å²) in [7, 11) is -4.76. The van der Waals surface area contributed by atoms with Crippen LogP contribution in [0, 0.1) is 0 Å². The van der Waals surface area contributed by atoms with Gasteiger partial charge in [-0.05, 0) is 83.5 Å². The highest BCUT2D eigenvalue weighted by atomic mass is 31.2. The molecule has 0 radical (unpaired) electrons. The minimum atomic E-state index is -4.76. The lowest BCUT2D eigenvalue weighted by Crippen LogP contribution is -2.29. The van der Waals surface area contributed by atoms with Crippen molar-refractivity contribution in [2.75, 3.05) is 13.2 Å². The van der Waals surface area contributed by atoms with Crippen LogP contribution < -0.4 is 0 Å². The third-order valence-corrected chi connectivity index (χ3v) is 9.99. The lowest BCUT2D eigenvalue weighted by atomic mass is 10.1. The maximum atomic E-state index is 12.4. The molecule has 324 valence electrons. The molecule has 0 saturated carbocycles. The lowest BCUT2D eigenvalue weighted by molar-refractivity contribution is -0.161. The number of phosphoric ester groups is 1. The summed E-state index contributed by atoms with van der Waals surface area (Å²) in [5.74, 6) is -0.904. The van der Waals surface area contributed by atoms with E-state index in [4.69, 9.17) is 19.3 Å². The standard InChI is InChI=1S/C47H83O8P/c1-3-5-7-9-11-13-15-17-19-21-23-25-27-29-31-33-35-37-39-41-46(48)53-43-45(44-54-56(50,51)52)55-47(49)42-40-38-36-34-32-30-28-26-24-22-20-18-16-14-12-10-8-6-4-2/h11-14,17-20,24,26,45H,3-10,15-16,21-23,25,27-44H2,1-2H3,(H2,50,51,52)/b13-11-,14-12-,19-17-,20-18-,26-24-. The summed E-state index contributed by atoms with van der Waals surface area (Å²) in [6.07, 6.45) is 53.6. The van der Waals surface area contributed by atoms with Crippen molar-refractivity contribution in [1.82, 2.24) is 0 Å². The van der Waals surface area contributed by atoms with Crippen LogP contribution in [0.5, 0.6) is 0 Å². The SMILES string of the molecule is CCCCC/C=C\C/C=C\C/C=C\CCCCCCCCC(=O)OC(COC(=O)CCCCCCCCCCC/C=C\C/C=C\CCCCC)COP(=O)(O)O. The number of carbonyl (C=O) groups is 2. The van der Waals surface area contributed by atoms with E-state index in [0.717, 1.165) is 83.5 Å². The predicted molar refractivity (Wildman–Crippen MR) is 234 cm³/mol. The van der Waals surface area contributed by atoms with Crippen LogP contribution >= 0.6 is 7.82 Å². The Bertz CT molecular complexity index is 1090. The first-order valence-electron chi connectivity index (χ1n) is 22.6. The van der Waals surface area contributed by atoms with Crippen LogP contribution in [0.4, 0.5) is 0 Å². The zero-order valence-electron chi connectivity index (χ0n) is 35.8. The topological polar surface area (TPSA) is 119 Å². The molecule has 56 heavy (non-hydrogen) atoms. The van der Waals surface area contributed by atoms with E-state index in [1.807, 2.05) is 0 Å². The van der Waals surface area contributed by atoms with Crippen LogP contribution in [0.3, 0.4) is 0 Å². The van der Waals surface area contributed by atoms with Crippen LogP contribution in [-0.2, 0) is 28.2 Å². The van der Waals surface area contributed by atoms with Gasteiger partial charge in [-0.25, -0.2) is 4.57 Å². The summed E-state index contributed by atoms with van der Waals surface area (Å²) < 4.78 is 26.4. The Labute approximate surface area is 343 Å². The molecule has 0 aromatic carbocycles. The Hall–Kier alpha value is -2.25. The number of phosphoric acid groups is 1. The van der Waals surface area contributed by atoms with Crippen molar-refractivity contribution >= 4 is 19.8 Å². The maximum Gasteiger partial charge on any atom is 0.469 e. The first-order valence-corrected chi connectivity index (χ1v) is 24.1. The Balaban J connectivity index is 3.92. The van der Waals surface area contributed by atoms with Gasteiger partial charge in [-0.3, -0.25) is 14.1 Å². The molecule has 0 fully saturated rings. The third kappa shape index (κ3) is 44.5. The van der Waals surface area contributed by atoms with Gasteiger partial charge in [0.15, 0.2) is 6.10 Å². The maximum absolute atomic E-state index is 12.4. The highest BCUT2D eigenvalue weighted by Gasteiger charge is 2.22. The number of esters is 2. The molecule has 0 rings (SSSR count). The summed E-state index contributed by atoms with van der Waals surface area (Å²) in [5, 5.41) is 0. The van der Waals surface area contributed by atoms with Gasteiger partial charge in [0.05, 0.1) is 6.61 Å². The first-order chi connectivity index (χ1) is 27.3. The normalized spacial score (nSPS) is 13.0. The number of hydrogen-bond acceptors (Lipinski definition) is 6. The Morgan fingerprint density at radius 1 is 0.464 bits per heavy atom. The van der Waals surface area contributed by atoms with E-state index in [0.29, 0.717) is 12.8 Å². The summed E-state index contributed by atoms with van der Waals surface area (Å²) in [6, 6.07) is 0. The fourth-order valence-electron chi connectivity index (χ4n) is 6.12. The van der Waals surface area contributed by atoms with Crippen LogP contribution in [0.2, 0.25) is 0 Å². The second-order valence-corrected chi connectivity index (χ2v) is 16.3. The number of hydrogen-bond donors (Lipinski definition) is 2. The van der Waals surface area contributed by atoms with Crippen molar-refractivity contribution < 1.29 is 37.9 Å². The average Bonchev–Trinajstić information content (AvgIpc) is 3.17. The molecule has 1 unspecified atom stereocenters. The van der Waals surface area contributed by atoms with Gasteiger partial charge < -0.3 is 19.3 Å². The molecule has 0 saturated heterocycles. The molecule has 1 atom stereocenters. The van der Waals surface area contributed by atoms with E-state index in [-0.39, 0.29) is 19.4 Å². The number of rotatable bonds is 41. The Kier molecular flexibility index (Phi) is 40.7. The highest BCUT2D eigenvalue weighted by Crippen LogP contribution is 2.36. The summed E-state index contributed by atoms with van der Waals surface area (Å²) in [4.78, 5) is 43.0. The van der Waals surface area contributed by atoms with Crippen LogP contribution in [0.25, 0.3) is 0 Å². The van der Waals surface area contributed by atoms with E-state index in [1.54, 1.807) is 0 Å². The van der Waals surface area contributed by atoms with E-state index in [9.17, 15) is 14.2 Å². The van der Waals surface area contributed by atoms with Gasteiger partial charge in [0, 0.05) is 12.8 Å². The molecule has 8 nitrogen and oxygen atoms in total. The molecule has 0 heterocycles. The first kappa shape index (κ1) is 53.8. The number of unbranched alkanes of at least 4 members (excludes halogenated alkanes) is 21. The summed E-state index contributed by atoms with van der Waals surface area (Å²) >= 11 is 0. The van der Waals surface area contributed by atoms with Crippen LogP contribution in [-0.4, -0.2) is 41.0 Å². The highest BCUT2D eigenvalue weighted by molar-refractivity contribution is 7.46. The fourth-order valence-corrected chi connectivity index (χ4v) is 6.48. The number of carbonyl (C=O) groups excluding carboxylic acids is 2. The van der Waals surface area contributed by atoms with Gasteiger partial charge in [-0.2, -0.15) is 0 Å². The van der Waals surface area contributed by atoms with E-state index < -0.39 is 32.5 Å². The molecule has 0 aliphatic heterocycles. The van der Waals surface area contributed by atoms with Crippen molar-refractivity contribution in [2.45, 2.75) is 213 Å². The molecule has 0 aliphatic carbocycles.